The lowest BCUT2D eigenvalue weighted by molar-refractivity contribution is -0.136. The second-order valence-electron chi connectivity index (χ2n) is 8.73. The second-order valence-corrected chi connectivity index (χ2v) is 8.73. The minimum Gasteiger partial charge on any atom is -0.493 e. The van der Waals surface area contributed by atoms with Gasteiger partial charge in [0.25, 0.3) is 5.91 Å². The summed E-state index contributed by atoms with van der Waals surface area (Å²) < 4.78 is 13.4. The molecule has 5 rings (SSSR count). The van der Waals surface area contributed by atoms with E-state index in [4.69, 9.17) is 9.47 Å². The van der Waals surface area contributed by atoms with Crippen molar-refractivity contribution in [1.82, 2.24) is 4.57 Å². The molecule has 0 saturated heterocycles. The number of aryl methyl sites for hydroxylation is 2. The number of hydrogen-bond acceptors (Lipinski definition) is 4. The number of ether oxygens (including phenoxy) is 2. The average molecular weight is 456 g/mol. The topological polar surface area (TPSA) is 77.8 Å². The van der Waals surface area contributed by atoms with Crippen LogP contribution in [-0.2, 0) is 11.2 Å². The number of carboxylic acid groups (broad SMARTS) is 1. The van der Waals surface area contributed by atoms with Crippen molar-refractivity contribution in [3.63, 3.8) is 0 Å². The van der Waals surface area contributed by atoms with Gasteiger partial charge in [-0.25, -0.2) is 0 Å². The van der Waals surface area contributed by atoms with Crippen LogP contribution in [0.25, 0.3) is 10.9 Å². The van der Waals surface area contributed by atoms with Gasteiger partial charge in [0.2, 0.25) is 0 Å². The highest BCUT2D eigenvalue weighted by molar-refractivity contribution is 6.04. The lowest BCUT2D eigenvalue weighted by Gasteiger charge is -2.12. The highest BCUT2D eigenvalue weighted by Gasteiger charge is 2.25. The van der Waals surface area contributed by atoms with E-state index < -0.39 is 5.97 Å². The summed E-state index contributed by atoms with van der Waals surface area (Å²) in [5, 5.41) is 9.98. The molecule has 0 spiro atoms. The predicted molar refractivity (Wildman–Crippen MR) is 129 cm³/mol. The van der Waals surface area contributed by atoms with Crippen LogP contribution in [-0.4, -0.2) is 34.8 Å². The monoisotopic (exact) mass is 455 g/mol. The third-order valence-electron chi connectivity index (χ3n) is 6.26. The van der Waals surface area contributed by atoms with Crippen molar-refractivity contribution in [3.05, 3.63) is 94.7 Å². The maximum atomic E-state index is 13.3. The van der Waals surface area contributed by atoms with Crippen molar-refractivity contribution in [2.24, 2.45) is 0 Å². The molecule has 0 bridgehead atoms. The molecule has 1 N–H and O–H groups in total. The van der Waals surface area contributed by atoms with Crippen molar-refractivity contribution in [2.45, 2.75) is 26.2 Å². The Balaban J connectivity index is 1.33. The Morgan fingerprint density at radius 1 is 1.06 bits per heavy atom. The molecule has 4 aromatic rings. The second kappa shape index (κ2) is 8.71. The lowest BCUT2D eigenvalue weighted by atomic mass is 10.0. The fourth-order valence-electron chi connectivity index (χ4n) is 4.57. The smallest absolute Gasteiger partial charge is 0.307 e. The van der Waals surface area contributed by atoms with E-state index in [9.17, 15) is 14.7 Å². The number of rotatable bonds is 6. The summed E-state index contributed by atoms with van der Waals surface area (Å²) in [6.45, 7) is 5.01. The standard InChI is InChI=1S/C28H25NO5/c1-17-6-11-26-24(12-17)21(16-34-26)15-33-22-9-7-19(8-10-22)28(32)29-18(2)13-23-20(14-27(30)31)4-3-5-25(23)29/h3-13,21H,14-16H2,1-2H3,(H,30,31)/t21-/m1/s1. The summed E-state index contributed by atoms with van der Waals surface area (Å²) >= 11 is 0. The lowest BCUT2D eigenvalue weighted by Crippen LogP contribution is -2.14. The maximum absolute atomic E-state index is 13.3. The molecular formula is C28H25NO5. The fourth-order valence-corrected chi connectivity index (χ4v) is 4.57. The van der Waals surface area contributed by atoms with E-state index in [0.717, 1.165) is 16.8 Å². The van der Waals surface area contributed by atoms with Gasteiger partial charge in [0.15, 0.2) is 0 Å². The molecule has 0 amide bonds. The van der Waals surface area contributed by atoms with E-state index >= 15 is 0 Å². The van der Waals surface area contributed by atoms with Gasteiger partial charge in [-0.15, -0.1) is 0 Å². The molecule has 1 atom stereocenters. The minimum atomic E-state index is -0.900. The molecule has 172 valence electrons. The number of fused-ring (bicyclic) bond motifs is 2. The molecule has 0 fully saturated rings. The van der Waals surface area contributed by atoms with Gasteiger partial charge >= 0.3 is 5.97 Å². The summed E-state index contributed by atoms with van der Waals surface area (Å²) in [4.78, 5) is 24.5. The highest BCUT2D eigenvalue weighted by atomic mass is 16.5. The first-order valence-electron chi connectivity index (χ1n) is 11.2. The average Bonchev–Trinajstić information content (AvgIpc) is 3.37. The molecule has 0 aliphatic carbocycles. The van der Waals surface area contributed by atoms with Gasteiger partial charge in [0.1, 0.15) is 11.5 Å². The largest absolute Gasteiger partial charge is 0.493 e. The first kappa shape index (κ1) is 21.8. The van der Waals surface area contributed by atoms with Crippen molar-refractivity contribution in [2.75, 3.05) is 13.2 Å². The third-order valence-corrected chi connectivity index (χ3v) is 6.26. The summed E-state index contributed by atoms with van der Waals surface area (Å²) in [5.74, 6) is 0.712. The van der Waals surface area contributed by atoms with Crippen LogP contribution in [0.2, 0.25) is 0 Å². The van der Waals surface area contributed by atoms with Crippen molar-refractivity contribution in [3.8, 4) is 11.5 Å². The number of carbonyl (C=O) groups excluding carboxylic acids is 1. The fraction of sp³-hybridized carbons (Fsp3) is 0.214. The van der Waals surface area contributed by atoms with Gasteiger partial charge in [-0.3, -0.25) is 14.2 Å². The molecule has 0 radical (unpaired) electrons. The Morgan fingerprint density at radius 3 is 2.62 bits per heavy atom. The van der Waals surface area contributed by atoms with E-state index in [1.165, 1.54) is 11.1 Å². The first-order chi connectivity index (χ1) is 16.4. The summed E-state index contributed by atoms with van der Waals surface area (Å²) in [6, 6.07) is 20.6. The first-order valence-corrected chi connectivity index (χ1v) is 11.2. The zero-order chi connectivity index (χ0) is 23.8. The molecule has 6 heteroatoms. The Hall–Kier alpha value is -4.06. The van der Waals surface area contributed by atoms with Gasteiger partial charge in [-0.2, -0.15) is 0 Å². The molecule has 1 aliphatic rings. The number of carboxylic acids is 1. The number of hydrogen-bond donors (Lipinski definition) is 1. The van der Waals surface area contributed by atoms with E-state index in [2.05, 4.69) is 13.0 Å². The molecule has 2 heterocycles. The van der Waals surface area contributed by atoms with Gasteiger partial charge in [-0.1, -0.05) is 29.8 Å². The molecule has 1 aromatic heterocycles. The predicted octanol–water partition coefficient (Wildman–Crippen LogP) is 5.13. The molecule has 3 aromatic carbocycles. The number of aliphatic carboxylic acids is 1. The van der Waals surface area contributed by atoms with Gasteiger partial charge in [-0.05, 0) is 61.9 Å². The summed E-state index contributed by atoms with van der Waals surface area (Å²) in [7, 11) is 0. The zero-order valence-corrected chi connectivity index (χ0v) is 19.1. The third kappa shape index (κ3) is 4.03. The molecule has 6 nitrogen and oxygen atoms in total. The zero-order valence-electron chi connectivity index (χ0n) is 19.1. The molecule has 0 unspecified atom stereocenters. The number of aromatic nitrogens is 1. The molecule has 1 aliphatic heterocycles. The van der Waals surface area contributed by atoms with Gasteiger partial charge < -0.3 is 14.6 Å². The van der Waals surface area contributed by atoms with Crippen molar-refractivity contribution < 1.29 is 24.2 Å². The van der Waals surface area contributed by atoms with Crippen LogP contribution in [0.1, 0.15) is 38.7 Å². The van der Waals surface area contributed by atoms with E-state index in [1.54, 1.807) is 41.0 Å². The molecule has 34 heavy (non-hydrogen) atoms. The Bertz CT molecular complexity index is 1400. The Kier molecular flexibility index (Phi) is 5.57. The van der Waals surface area contributed by atoms with Crippen LogP contribution in [0, 0.1) is 13.8 Å². The number of carbonyl (C=O) groups is 2. The van der Waals surface area contributed by atoms with Crippen LogP contribution in [0.3, 0.4) is 0 Å². The van der Waals surface area contributed by atoms with E-state index in [0.29, 0.717) is 35.6 Å². The summed E-state index contributed by atoms with van der Waals surface area (Å²) in [6.07, 6.45) is -0.0862. The van der Waals surface area contributed by atoms with Crippen molar-refractivity contribution >= 4 is 22.8 Å². The highest BCUT2D eigenvalue weighted by Crippen LogP contribution is 2.35. The van der Waals surface area contributed by atoms with E-state index in [1.807, 2.05) is 31.2 Å². The Morgan fingerprint density at radius 2 is 1.85 bits per heavy atom. The summed E-state index contributed by atoms with van der Waals surface area (Å²) in [5.41, 5.74) is 5.05. The minimum absolute atomic E-state index is 0.0862. The van der Waals surface area contributed by atoms with Gasteiger partial charge in [0.05, 0.1) is 31.1 Å². The van der Waals surface area contributed by atoms with Crippen LogP contribution in [0.15, 0.2) is 66.7 Å². The number of nitrogens with zero attached hydrogens (tertiary/aromatic N) is 1. The van der Waals surface area contributed by atoms with Crippen LogP contribution in [0.4, 0.5) is 0 Å². The molecular weight excluding hydrogens is 430 g/mol. The molecule has 0 saturated carbocycles. The number of benzene rings is 3. The van der Waals surface area contributed by atoms with Gasteiger partial charge in [0, 0.05) is 22.2 Å². The van der Waals surface area contributed by atoms with Crippen LogP contribution < -0.4 is 9.47 Å². The van der Waals surface area contributed by atoms with Crippen LogP contribution in [0.5, 0.6) is 11.5 Å². The van der Waals surface area contributed by atoms with Crippen LogP contribution >= 0.6 is 0 Å². The quantitative estimate of drug-likeness (QED) is 0.436. The Labute approximate surface area is 197 Å². The van der Waals surface area contributed by atoms with Crippen molar-refractivity contribution in [1.29, 1.82) is 0 Å². The van der Waals surface area contributed by atoms with E-state index in [-0.39, 0.29) is 18.2 Å². The normalized spacial score (nSPS) is 14.6. The maximum Gasteiger partial charge on any atom is 0.307 e. The SMILES string of the molecule is Cc1ccc2c(c1)[C@H](COc1ccc(C(=O)n3c(C)cc4c(CC(=O)O)cccc43)cc1)CO2.